The van der Waals surface area contributed by atoms with Gasteiger partial charge in [0.05, 0.1) is 19.8 Å². The molecule has 36 heavy (non-hydrogen) atoms. The van der Waals surface area contributed by atoms with Gasteiger partial charge in [0, 0.05) is 12.1 Å². The Labute approximate surface area is 210 Å². The summed E-state index contributed by atoms with van der Waals surface area (Å²) < 4.78 is 77.0. The zero-order chi connectivity index (χ0) is 27.6. The molecule has 0 spiro atoms. The molecule has 0 aliphatic carbocycles. The molecule has 0 N–H and O–H groups in total. The van der Waals surface area contributed by atoms with Crippen molar-refractivity contribution in [1.29, 1.82) is 5.39 Å². The van der Waals surface area contributed by atoms with Gasteiger partial charge in [-0.25, -0.2) is 0 Å². The predicted octanol–water partition coefficient (Wildman–Crippen LogP) is 11.4. The first kappa shape index (κ1) is 34.0. The molecule has 0 aliphatic heterocycles. The van der Waals surface area contributed by atoms with E-state index in [1.54, 1.807) is 0 Å². The van der Waals surface area contributed by atoms with Gasteiger partial charge in [0.15, 0.2) is 4.98 Å². The van der Waals surface area contributed by atoms with Crippen LogP contribution in [0.3, 0.4) is 0 Å². The fourth-order valence-electron chi connectivity index (χ4n) is 3.10. The number of diazo groups is 1. The van der Waals surface area contributed by atoms with Crippen LogP contribution in [0.5, 0.6) is 17.2 Å². The van der Waals surface area contributed by atoms with Crippen molar-refractivity contribution in [3.05, 3.63) is 17.1 Å². The van der Waals surface area contributed by atoms with Gasteiger partial charge >= 0.3 is 38.7 Å². The first-order valence-corrected chi connectivity index (χ1v) is 14.7. The van der Waals surface area contributed by atoms with Crippen LogP contribution in [0.4, 0.5) is 30.9 Å². The van der Waals surface area contributed by atoms with Crippen molar-refractivity contribution < 1.29 is 39.4 Å². The molecule has 1 aromatic rings. The van der Waals surface area contributed by atoms with E-state index in [2.05, 4.69) is 25.7 Å². The Morgan fingerprint density at radius 1 is 0.611 bits per heavy atom. The summed E-state index contributed by atoms with van der Waals surface area (Å²) in [4.78, 5) is 3.46. The van der Waals surface area contributed by atoms with Crippen LogP contribution < -0.4 is 14.2 Å². The Bertz CT molecular complexity index is 740. The van der Waals surface area contributed by atoms with Crippen LogP contribution in [-0.4, -0.2) is 19.8 Å². The van der Waals surface area contributed by atoms with Gasteiger partial charge in [-0.2, -0.15) is 0 Å². The van der Waals surface area contributed by atoms with Crippen LogP contribution in [0, 0.1) is 5.39 Å². The Morgan fingerprint density at radius 2 is 0.944 bits per heavy atom. The number of hydrogen-bond acceptors (Lipinski definition) is 4. The molecule has 0 atom stereocenters. The van der Waals surface area contributed by atoms with Gasteiger partial charge in [0.1, 0.15) is 5.75 Å². The average molecular weight is 551 g/mol. The number of unbranched alkanes of at least 4 members (excludes halogenated alkanes) is 9. The second-order valence-electron chi connectivity index (χ2n) is 8.55. The Balaban J connectivity index is 0.00000152. The Hall–Kier alpha value is -1.95. The number of nitrogens with zero attached hydrogens (tertiary/aromatic N) is 2. The molecule has 0 heterocycles. The maximum absolute atomic E-state index is 10.7. The van der Waals surface area contributed by atoms with E-state index in [-0.39, 0.29) is 0 Å². The predicted molar refractivity (Wildman–Crippen MR) is 134 cm³/mol. The van der Waals surface area contributed by atoms with Crippen molar-refractivity contribution in [2.45, 2.75) is 97.8 Å². The standard InChI is InChI=1S/C24H41N2O3.F6P/c1-4-7-10-13-16-27-21-19-22(28-17-14-11-8-5-2)24(26-25)23(20-21)29-18-15-12-9-6-3;1-7(2,3,4,5)6/h19-20H,4-18H2,1-3H3;/q+1;-1. The van der Waals surface area contributed by atoms with Gasteiger partial charge in [0.25, 0.3) is 0 Å². The summed E-state index contributed by atoms with van der Waals surface area (Å²) in [6.07, 6.45) is 13.6. The van der Waals surface area contributed by atoms with E-state index in [0.29, 0.717) is 42.8 Å². The molecule has 212 valence electrons. The van der Waals surface area contributed by atoms with Gasteiger partial charge in [0.2, 0.25) is 16.9 Å². The number of rotatable bonds is 18. The number of benzene rings is 1. The van der Waals surface area contributed by atoms with Crippen LogP contribution in [0.1, 0.15) is 97.8 Å². The van der Waals surface area contributed by atoms with E-state index in [1.165, 1.54) is 44.9 Å². The summed E-state index contributed by atoms with van der Waals surface area (Å²) in [5, 5.41) is 9.57. The van der Waals surface area contributed by atoms with Crippen LogP contribution >= 0.6 is 7.81 Å². The van der Waals surface area contributed by atoms with Gasteiger partial charge < -0.3 is 14.2 Å². The molecule has 1 aromatic carbocycles. The monoisotopic (exact) mass is 550 g/mol. The average Bonchev–Trinajstić information content (AvgIpc) is 2.76. The fourth-order valence-corrected chi connectivity index (χ4v) is 3.10. The third-order valence-corrected chi connectivity index (χ3v) is 4.89. The molecule has 0 saturated heterocycles. The SMILES string of the molecule is CCCCCCOc1cc(OCCCCCC)c([N+]#N)c(OCCCCCC)c1.F[P-](F)(F)(F)(F)F. The van der Waals surface area contributed by atoms with E-state index in [0.717, 1.165) is 32.1 Å². The summed E-state index contributed by atoms with van der Waals surface area (Å²) >= 11 is 0. The Kier molecular flexibility index (Phi) is 15.1. The van der Waals surface area contributed by atoms with E-state index < -0.39 is 7.81 Å². The third kappa shape index (κ3) is 22.5. The van der Waals surface area contributed by atoms with Gasteiger partial charge in [-0.3, -0.25) is 0 Å². The fraction of sp³-hybridized carbons (Fsp3) is 0.750. The van der Waals surface area contributed by atoms with Crippen LogP contribution in [-0.2, 0) is 0 Å². The number of halogens is 6. The molecule has 0 unspecified atom stereocenters. The van der Waals surface area contributed by atoms with Crippen LogP contribution in [0.2, 0.25) is 0 Å². The van der Waals surface area contributed by atoms with Gasteiger partial charge in [-0.15, -0.1) is 0 Å². The normalized spacial score (nSPS) is 13.0. The quantitative estimate of drug-likeness (QED) is 0.0789. The Morgan fingerprint density at radius 3 is 1.25 bits per heavy atom. The molecule has 0 fully saturated rings. The number of hydrogen-bond donors (Lipinski definition) is 0. The maximum atomic E-state index is 9.87. The summed E-state index contributed by atoms with van der Waals surface area (Å²) in [5.74, 6) is 1.76. The summed E-state index contributed by atoms with van der Waals surface area (Å²) in [6, 6.07) is 3.64. The molecule has 12 heteroatoms. The topological polar surface area (TPSA) is 55.8 Å². The van der Waals surface area contributed by atoms with Crippen molar-refractivity contribution in [3.8, 4) is 17.2 Å². The van der Waals surface area contributed by atoms with Crippen molar-refractivity contribution in [3.63, 3.8) is 0 Å². The van der Waals surface area contributed by atoms with E-state index >= 15 is 0 Å². The zero-order valence-corrected chi connectivity index (χ0v) is 22.5. The van der Waals surface area contributed by atoms with E-state index in [1.807, 2.05) is 12.1 Å². The second-order valence-corrected chi connectivity index (χ2v) is 10.5. The molecular formula is C24H41F6N2O3P. The second kappa shape index (κ2) is 16.0. The van der Waals surface area contributed by atoms with Crippen LogP contribution in [0.25, 0.3) is 4.98 Å². The van der Waals surface area contributed by atoms with Crippen LogP contribution in [0.15, 0.2) is 12.1 Å². The van der Waals surface area contributed by atoms with E-state index in [4.69, 9.17) is 14.2 Å². The van der Waals surface area contributed by atoms with Crippen molar-refractivity contribution in [2.24, 2.45) is 0 Å². The molecule has 0 bridgehead atoms. The van der Waals surface area contributed by atoms with Crippen molar-refractivity contribution >= 4 is 13.5 Å². The van der Waals surface area contributed by atoms with Crippen molar-refractivity contribution in [1.82, 2.24) is 0 Å². The number of ether oxygens (including phenoxy) is 3. The van der Waals surface area contributed by atoms with Gasteiger partial charge in [-0.05, 0) is 19.3 Å². The minimum atomic E-state index is -10.7. The zero-order valence-electron chi connectivity index (χ0n) is 21.6. The summed E-state index contributed by atoms with van der Waals surface area (Å²) in [5.41, 5.74) is 0.356. The molecule has 5 nitrogen and oxygen atoms in total. The minimum absolute atomic E-state index is 0.356. The molecule has 0 saturated carbocycles. The third-order valence-electron chi connectivity index (χ3n) is 4.89. The molecule has 0 amide bonds. The van der Waals surface area contributed by atoms with Crippen molar-refractivity contribution in [2.75, 3.05) is 19.8 Å². The first-order chi connectivity index (χ1) is 16.7. The molecule has 0 radical (unpaired) electrons. The molecule has 1 rings (SSSR count). The first-order valence-electron chi connectivity index (χ1n) is 12.7. The van der Waals surface area contributed by atoms with Gasteiger partial charge in [-0.1, -0.05) is 78.6 Å². The summed E-state index contributed by atoms with van der Waals surface area (Å²) in [6.45, 7) is 8.44. The van der Waals surface area contributed by atoms with E-state index in [9.17, 15) is 30.6 Å². The molecular weight excluding hydrogens is 509 g/mol. The molecule has 0 aromatic heterocycles. The summed E-state index contributed by atoms with van der Waals surface area (Å²) in [7, 11) is -10.7. The molecule has 0 aliphatic rings.